The summed E-state index contributed by atoms with van der Waals surface area (Å²) in [6.07, 6.45) is 3.74. The van der Waals surface area contributed by atoms with Crippen molar-refractivity contribution in [3.63, 3.8) is 0 Å². The Morgan fingerprint density at radius 3 is 2.21 bits per heavy atom. The van der Waals surface area contributed by atoms with Gasteiger partial charge >= 0.3 is 0 Å². The molecule has 1 atom stereocenters. The molecule has 132 valence electrons. The van der Waals surface area contributed by atoms with Crippen LogP contribution in [0.3, 0.4) is 0 Å². The predicted octanol–water partition coefficient (Wildman–Crippen LogP) is 3.37. The molecule has 5 nitrogen and oxygen atoms in total. The molecule has 1 aliphatic rings. The summed E-state index contributed by atoms with van der Waals surface area (Å²) in [4.78, 5) is 14.2. The molecule has 1 aromatic rings. The molecule has 1 unspecified atom stereocenters. The first-order valence-corrected chi connectivity index (χ1v) is 8.33. The highest BCUT2D eigenvalue weighted by atomic mass is 16.5. The molecule has 0 N–H and O–H groups in total. The minimum atomic E-state index is 0.0741. The number of methoxy groups -OCH3 is 3. The standard InChI is InChI=1S/C19H27NO4/c1-6-13(2)19(21)20-9-7-14(8-10-20)18-16(23-4)11-15(22-3)12-17(18)24-5/h7,11-13H,6,8-10H2,1-5H3. The minimum absolute atomic E-state index is 0.0741. The van der Waals surface area contributed by atoms with Gasteiger partial charge in [-0.05, 0) is 18.4 Å². The van der Waals surface area contributed by atoms with Crippen LogP contribution in [-0.4, -0.2) is 45.2 Å². The van der Waals surface area contributed by atoms with Crippen LogP contribution in [0.2, 0.25) is 0 Å². The number of ether oxygens (including phenoxy) is 3. The number of carbonyl (C=O) groups is 1. The lowest BCUT2D eigenvalue weighted by Crippen LogP contribution is -2.38. The van der Waals surface area contributed by atoms with Gasteiger partial charge in [0.25, 0.3) is 0 Å². The first kappa shape index (κ1) is 18.2. The van der Waals surface area contributed by atoms with Crippen molar-refractivity contribution in [2.45, 2.75) is 26.7 Å². The van der Waals surface area contributed by atoms with Gasteiger partial charge in [-0.15, -0.1) is 0 Å². The van der Waals surface area contributed by atoms with Crippen molar-refractivity contribution >= 4 is 11.5 Å². The van der Waals surface area contributed by atoms with Crippen LogP contribution in [0.1, 0.15) is 32.3 Å². The van der Waals surface area contributed by atoms with Crippen molar-refractivity contribution in [1.29, 1.82) is 0 Å². The first-order chi connectivity index (χ1) is 11.5. The first-order valence-electron chi connectivity index (χ1n) is 8.33. The quantitative estimate of drug-likeness (QED) is 0.801. The topological polar surface area (TPSA) is 48.0 Å². The lowest BCUT2D eigenvalue weighted by molar-refractivity contribution is -0.134. The number of hydrogen-bond acceptors (Lipinski definition) is 4. The third-order valence-corrected chi connectivity index (χ3v) is 4.59. The van der Waals surface area contributed by atoms with E-state index >= 15 is 0 Å². The maximum Gasteiger partial charge on any atom is 0.225 e. The smallest absolute Gasteiger partial charge is 0.225 e. The van der Waals surface area contributed by atoms with Crippen molar-refractivity contribution in [3.05, 3.63) is 23.8 Å². The lowest BCUT2D eigenvalue weighted by Gasteiger charge is -2.29. The third kappa shape index (κ3) is 3.66. The highest BCUT2D eigenvalue weighted by molar-refractivity contribution is 5.82. The van der Waals surface area contributed by atoms with E-state index in [9.17, 15) is 4.79 Å². The zero-order valence-electron chi connectivity index (χ0n) is 15.2. The van der Waals surface area contributed by atoms with Gasteiger partial charge in [0.05, 0.1) is 26.9 Å². The highest BCUT2D eigenvalue weighted by Crippen LogP contribution is 2.40. The number of benzene rings is 1. The van der Waals surface area contributed by atoms with Gasteiger partial charge in [0.1, 0.15) is 17.2 Å². The molecule has 1 aromatic carbocycles. The summed E-state index contributed by atoms with van der Waals surface area (Å²) < 4.78 is 16.4. The Hall–Kier alpha value is -2.17. The van der Waals surface area contributed by atoms with E-state index in [0.29, 0.717) is 18.8 Å². The van der Waals surface area contributed by atoms with Crippen LogP contribution in [0, 0.1) is 5.92 Å². The maximum atomic E-state index is 12.3. The molecule has 0 aliphatic carbocycles. The molecule has 0 saturated heterocycles. The number of rotatable bonds is 6. The van der Waals surface area contributed by atoms with Gasteiger partial charge in [0, 0.05) is 31.1 Å². The maximum absolute atomic E-state index is 12.3. The van der Waals surface area contributed by atoms with Gasteiger partial charge in [-0.1, -0.05) is 19.9 Å². The van der Waals surface area contributed by atoms with Crippen LogP contribution < -0.4 is 14.2 Å². The van der Waals surface area contributed by atoms with E-state index in [-0.39, 0.29) is 11.8 Å². The van der Waals surface area contributed by atoms with E-state index in [4.69, 9.17) is 14.2 Å². The fourth-order valence-corrected chi connectivity index (χ4v) is 2.90. The van der Waals surface area contributed by atoms with Crippen molar-refractivity contribution in [2.75, 3.05) is 34.4 Å². The van der Waals surface area contributed by atoms with E-state index in [2.05, 4.69) is 6.08 Å². The van der Waals surface area contributed by atoms with Gasteiger partial charge in [0.2, 0.25) is 5.91 Å². The largest absolute Gasteiger partial charge is 0.496 e. The van der Waals surface area contributed by atoms with Crippen LogP contribution in [0.4, 0.5) is 0 Å². The Labute approximate surface area is 144 Å². The predicted molar refractivity (Wildman–Crippen MR) is 94.7 cm³/mol. The summed E-state index contributed by atoms with van der Waals surface area (Å²) in [5.41, 5.74) is 2.08. The molecule has 0 spiro atoms. The van der Waals surface area contributed by atoms with Gasteiger partial charge < -0.3 is 19.1 Å². The molecular formula is C19H27NO4. The van der Waals surface area contributed by atoms with E-state index in [1.165, 1.54) is 0 Å². The molecule has 0 saturated carbocycles. The molecule has 0 bridgehead atoms. The Bertz CT molecular complexity index is 599. The second-order valence-corrected chi connectivity index (χ2v) is 5.98. The molecule has 1 heterocycles. The summed E-state index contributed by atoms with van der Waals surface area (Å²) in [6, 6.07) is 3.71. The summed E-state index contributed by atoms with van der Waals surface area (Å²) in [7, 11) is 4.89. The Balaban J connectivity index is 2.30. The summed E-state index contributed by atoms with van der Waals surface area (Å²) in [5.74, 6) is 2.43. The van der Waals surface area contributed by atoms with E-state index in [1.54, 1.807) is 21.3 Å². The van der Waals surface area contributed by atoms with Crippen molar-refractivity contribution < 1.29 is 19.0 Å². The molecule has 0 fully saturated rings. The highest BCUT2D eigenvalue weighted by Gasteiger charge is 2.24. The van der Waals surface area contributed by atoms with Gasteiger partial charge in [-0.25, -0.2) is 0 Å². The van der Waals surface area contributed by atoms with Gasteiger partial charge in [-0.2, -0.15) is 0 Å². The average Bonchev–Trinajstić information content (AvgIpc) is 2.65. The third-order valence-electron chi connectivity index (χ3n) is 4.59. The minimum Gasteiger partial charge on any atom is -0.496 e. The molecule has 24 heavy (non-hydrogen) atoms. The van der Waals surface area contributed by atoms with Crippen LogP contribution in [-0.2, 0) is 4.79 Å². The van der Waals surface area contributed by atoms with E-state index in [0.717, 1.165) is 35.5 Å². The second-order valence-electron chi connectivity index (χ2n) is 5.98. The monoisotopic (exact) mass is 333 g/mol. The fraction of sp³-hybridized carbons (Fsp3) is 0.526. The van der Waals surface area contributed by atoms with Crippen molar-refractivity contribution in [3.8, 4) is 17.2 Å². The number of nitrogens with zero attached hydrogens (tertiary/aromatic N) is 1. The lowest BCUT2D eigenvalue weighted by atomic mass is 9.96. The van der Waals surface area contributed by atoms with Gasteiger partial charge in [-0.3, -0.25) is 4.79 Å². The summed E-state index contributed by atoms with van der Waals surface area (Å²) in [6.45, 7) is 5.36. The van der Waals surface area contributed by atoms with Crippen molar-refractivity contribution in [2.24, 2.45) is 5.92 Å². The Kier molecular flexibility index (Phi) is 6.12. The fourth-order valence-electron chi connectivity index (χ4n) is 2.90. The molecule has 0 aromatic heterocycles. The zero-order valence-corrected chi connectivity index (χ0v) is 15.2. The van der Waals surface area contributed by atoms with Crippen LogP contribution in [0.25, 0.3) is 5.57 Å². The second kappa shape index (κ2) is 8.08. The molecule has 2 rings (SSSR count). The molecule has 1 amide bonds. The van der Waals surface area contributed by atoms with Gasteiger partial charge in [0.15, 0.2) is 0 Å². The van der Waals surface area contributed by atoms with E-state index < -0.39 is 0 Å². The Morgan fingerprint density at radius 2 is 1.79 bits per heavy atom. The normalized spacial score (nSPS) is 15.5. The van der Waals surface area contributed by atoms with Crippen molar-refractivity contribution in [1.82, 2.24) is 4.90 Å². The SMILES string of the molecule is CCC(C)C(=O)N1CC=C(c2c(OC)cc(OC)cc2OC)CC1. The zero-order chi connectivity index (χ0) is 17.7. The summed E-state index contributed by atoms with van der Waals surface area (Å²) in [5, 5.41) is 0. The average molecular weight is 333 g/mol. The van der Waals surface area contributed by atoms with E-state index in [1.807, 2.05) is 30.9 Å². The van der Waals surface area contributed by atoms with Crippen LogP contribution in [0.5, 0.6) is 17.2 Å². The molecule has 5 heteroatoms. The van der Waals surface area contributed by atoms with Crippen LogP contribution in [0.15, 0.2) is 18.2 Å². The number of amides is 1. The molecular weight excluding hydrogens is 306 g/mol. The van der Waals surface area contributed by atoms with Crippen LogP contribution >= 0.6 is 0 Å². The Morgan fingerprint density at radius 1 is 1.17 bits per heavy atom. The summed E-state index contributed by atoms with van der Waals surface area (Å²) >= 11 is 0. The number of hydrogen-bond donors (Lipinski definition) is 0. The molecule has 0 radical (unpaired) electrons. The number of carbonyl (C=O) groups excluding carboxylic acids is 1. The molecule has 1 aliphatic heterocycles.